The van der Waals surface area contributed by atoms with Gasteiger partial charge < -0.3 is 10.6 Å². The second kappa shape index (κ2) is 5.65. The summed E-state index contributed by atoms with van der Waals surface area (Å²) in [5.74, 6) is -0.00199. The summed E-state index contributed by atoms with van der Waals surface area (Å²) >= 11 is 0. The van der Waals surface area contributed by atoms with Gasteiger partial charge in [-0.1, -0.05) is 12.8 Å². The Labute approximate surface area is 114 Å². The maximum Gasteiger partial charge on any atom is 0.255 e. The van der Waals surface area contributed by atoms with E-state index < -0.39 is 0 Å². The third-order valence-electron chi connectivity index (χ3n) is 3.93. The minimum Gasteiger partial charge on any atom is -0.337 e. The zero-order chi connectivity index (χ0) is 14.0. The van der Waals surface area contributed by atoms with Gasteiger partial charge in [0.1, 0.15) is 0 Å². The standard InChI is InChI=1S/C14H22N4O/c1-9-8-11(10(2)17-16-9)14(19)18(3)13-7-5-4-6-12(13)15/h8,12-13H,4-7,15H2,1-3H3. The number of amides is 1. The van der Waals surface area contributed by atoms with E-state index in [0.717, 1.165) is 31.4 Å². The molecular weight excluding hydrogens is 240 g/mol. The SMILES string of the molecule is Cc1cc(C(=O)N(C)C2CCCCC2N)c(C)nn1. The second-order valence-corrected chi connectivity index (χ2v) is 5.42. The Morgan fingerprint density at radius 1 is 1.32 bits per heavy atom. The zero-order valence-corrected chi connectivity index (χ0v) is 11.9. The number of carbonyl (C=O) groups is 1. The predicted octanol–water partition coefficient (Wildman–Crippen LogP) is 1.44. The van der Waals surface area contributed by atoms with Gasteiger partial charge in [0, 0.05) is 19.1 Å². The third-order valence-corrected chi connectivity index (χ3v) is 3.93. The maximum atomic E-state index is 12.6. The van der Waals surface area contributed by atoms with E-state index in [-0.39, 0.29) is 18.0 Å². The van der Waals surface area contributed by atoms with Crippen molar-refractivity contribution in [3.63, 3.8) is 0 Å². The van der Waals surface area contributed by atoms with Gasteiger partial charge in [-0.25, -0.2) is 0 Å². The number of hydrogen-bond acceptors (Lipinski definition) is 4. The summed E-state index contributed by atoms with van der Waals surface area (Å²) in [6.45, 7) is 3.66. The molecule has 0 saturated heterocycles. The molecule has 2 unspecified atom stereocenters. The average molecular weight is 262 g/mol. The molecule has 104 valence electrons. The minimum atomic E-state index is -0.00199. The van der Waals surface area contributed by atoms with E-state index in [0.29, 0.717) is 11.3 Å². The molecule has 5 nitrogen and oxygen atoms in total. The highest BCUT2D eigenvalue weighted by molar-refractivity contribution is 5.95. The summed E-state index contributed by atoms with van der Waals surface area (Å²) < 4.78 is 0. The van der Waals surface area contributed by atoms with Crippen LogP contribution in [-0.4, -0.2) is 40.1 Å². The van der Waals surface area contributed by atoms with Gasteiger partial charge in [-0.05, 0) is 32.8 Å². The lowest BCUT2D eigenvalue weighted by atomic mass is 9.89. The maximum absolute atomic E-state index is 12.6. The van der Waals surface area contributed by atoms with Crippen molar-refractivity contribution >= 4 is 5.91 Å². The number of rotatable bonds is 2. The molecule has 1 heterocycles. The zero-order valence-electron chi connectivity index (χ0n) is 11.9. The fourth-order valence-electron chi connectivity index (χ4n) is 2.73. The molecule has 1 aromatic heterocycles. The van der Waals surface area contributed by atoms with Gasteiger partial charge in [0.25, 0.3) is 5.91 Å². The van der Waals surface area contributed by atoms with E-state index in [1.807, 2.05) is 20.9 Å². The fourth-order valence-corrected chi connectivity index (χ4v) is 2.73. The molecule has 2 rings (SSSR count). The van der Waals surface area contributed by atoms with E-state index in [1.54, 1.807) is 11.0 Å². The van der Waals surface area contributed by atoms with Gasteiger partial charge in [-0.2, -0.15) is 10.2 Å². The Bertz CT molecular complexity index is 475. The first-order valence-electron chi connectivity index (χ1n) is 6.84. The first-order valence-corrected chi connectivity index (χ1v) is 6.84. The monoisotopic (exact) mass is 262 g/mol. The number of nitrogens with zero attached hydrogens (tertiary/aromatic N) is 3. The van der Waals surface area contributed by atoms with Crippen molar-refractivity contribution in [2.45, 2.75) is 51.6 Å². The lowest BCUT2D eigenvalue weighted by molar-refractivity contribution is 0.0670. The van der Waals surface area contributed by atoms with Crippen molar-refractivity contribution in [1.29, 1.82) is 0 Å². The summed E-state index contributed by atoms with van der Waals surface area (Å²) in [4.78, 5) is 14.4. The van der Waals surface area contributed by atoms with Crippen LogP contribution in [0.4, 0.5) is 0 Å². The summed E-state index contributed by atoms with van der Waals surface area (Å²) in [7, 11) is 1.84. The average Bonchev–Trinajstić information content (AvgIpc) is 2.40. The van der Waals surface area contributed by atoms with Crippen molar-refractivity contribution < 1.29 is 4.79 Å². The molecule has 2 atom stereocenters. The van der Waals surface area contributed by atoms with Crippen LogP contribution in [0.2, 0.25) is 0 Å². The molecule has 1 saturated carbocycles. The molecule has 0 radical (unpaired) electrons. The molecule has 5 heteroatoms. The van der Waals surface area contributed by atoms with E-state index in [1.165, 1.54) is 0 Å². The van der Waals surface area contributed by atoms with Crippen LogP contribution in [0.1, 0.15) is 47.4 Å². The predicted molar refractivity (Wildman–Crippen MR) is 73.8 cm³/mol. The largest absolute Gasteiger partial charge is 0.337 e. The van der Waals surface area contributed by atoms with E-state index in [4.69, 9.17) is 5.73 Å². The Morgan fingerprint density at radius 2 is 2.00 bits per heavy atom. The summed E-state index contributed by atoms with van der Waals surface area (Å²) in [5.41, 5.74) is 8.21. The van der Waals surface area contributed by atoms with Crippen LogP contribution >= 0.6 is 0 Å². The van der Waals surface area contributed by atoms with Crippen molar-refractivity contribution in [1.82, 2.24) is 15.1 Å². The molecule has 19 heavy (non-hydrogen) atoms. The van der Waals surface area contributed by atoms with Crippen LogP contribution < -0.4 is 5.73 Å². The van der Waals surface area contributed by atoms with Crippen molar-refractivity contribution in [2.75, 3.05) is 7.05 Å². The fraction of sp³-hybridized carbons (Fsp3) is 0.643. The van der Waals surface area contributed by atoms with Crippen molar-refractivity contribution in [3.05, 3.63) is 23.0 Å². The highest BCUT2D eigenvalue weighted by atomic mass is 16.2. The van der Waals surface area contributed by atoms with Gasteiger partial charge in [0.05, 0.1) is 17.0 Å². The summed E-state index contributed by atoms with van der Waals surface area (Å²) in [5, 5.41) is 7.98. The van der Waals surface area contributed by atoms with Crippen LogP contribution in [0.5, 0.6) is 0 Å². The summed E-state index contributed by atoms with van der Waals surface area (Å²) in [6, 6.07) is 2.02. The smallest absolute Gasteiger partial charge is 0.255 e. The Kier molecular flexibility index (Phi) is 4.14. The molecule has 0 aromatic carbocycles. The van der Waals surface area contributed by atoms with Crippen molar-refractivity contribution in [2.24, 2.45) is 5.73 Å². The number of nitrogens with two attached hydrogens (primary N) is 1. The molecule has 0 aliphatic heterocycles. The van der Waals surface area contributed by atoms with E-state index >= 15 is 0 Å². The van der Waals surface area contributed by atoms with E-state index in [9.17, 15) is 4.79 Å². The second-order valence-electron chi connectivity index (χ2n) is 5.42. The molecule has 1 fully saturated rings. The third kappa shape index (κ3) is 2.92. The molecule has 1 aliphatic rings. The van der Waals surface area contributed by atoms with Crippen LogP contribution in [0, 0.1) is 13.8 Å². The normalized spacial score (nSPS) is 23.2. The molecule has 2 N–H and O–H groups in total. The lowest BCUT2D eigenvalue weighted by Crippen LogP contribution is -2.50. The number of aromatic nitrogens is 2. The number of hydrogen-bond donors (Lipinski definition) is 1. The van der Waals surface area contributed by atoms with Gasteiger partial charge in [-0.3, -0.25) is 4.79 Å². The Balaban J connectivity index is 2.20. The van der Waals surface area contributed by atoms with Gasteiger partial charge in [0.15, 0.2) is 0 Å². The Hall–Kier alpha value is -1.49. The highest BCUT2D eigenvalue weighted by Crippen LogP contribution is 2.22. The lowest BCUT2D eigenvalue weighted by Gasteiger charge is -2.36. The quantitative estimate of drug-likeness (QED) is 0.875. The van der Waals surface area contributed by atoms with Crippen LogP contribution in [-0.2, 0) is 0 Å². The molecular formula is C14H22N4O. The minimum absolute atomic E-state index is 0.00199. The number of carbonyl (C=O) groups excluding carboxylic acids is 1. The van der Waals surface area contributed by atoms with Gasteiger partial charge in [0.2, 0.25) is 0 Å². The molecule has 1 aromatic rings. The topological polar surface area (TPSA) is 72.1 Å². The van der Waals surface area contributed by atoms with Crippen LogP contribution in [0.3, 0.4) is 0 Å². The van der Waals surface area contributed by atoms with Gasteiger partial charge >= 0.3 is 0 Å². The first-order chi connectivity index (χ1) is 9.00. The van der Waals surface area contributed by atoms with Gasteiger partial charge in [-0.15, -0.1) is 0 Å². The van der Waals surface area contributed by atoms with E-state index in [2.05, 4.69) is 10.2 Å². The Morgan fingerprint density at radius 3 is 2.68 bits per heavy atom. The molecule has 1 amide bonds. The van der Waals surface area contributed by atoms with Crippen LogP contribution in [0.15, 0.2) is 6.07 Å². The first kappa shape index (κ1) is 13.9. The number of aryl methyl sites for hydroxylation is 2. The molecule has 0 spiro atoms. The van der Waals surface area contributed by atoms with Crippen LogP contribution in [0.25, 0.3) is 0 Å². The van der Waals surface area contributed by atoms with Crippen molar-refractivity contribution in [3.8, 4) is 0 Å². The molecule has 0 bridgehead atoms. The molecule has 1 aliphatic carbocycles. The summed E-state index contributed by atoms with van der Waals surface area (Å²) in [6.07, 6.45) is 4.28. The highest BCUT2D eigenvalue weighted by Gasteiger charge is 2.29. The number of likely N-dealkylation sites (N-methyl/N-ethyl adjacent to an activating group) is 1.